The SMILES string of the molecule is CCC1=NCCc2c1[nH]c1ccccc21.O=[N+]([O-])c1cc([N+](=O)[O-])c(O)c([N+](=O)[O-])c1. The first-order valence-electron chi connectivity index (χ1n) is 9.18. The smallest absolute Gasteiger partial charge is 0.324 e. The zero-order valence-corrected chi connectivity index (χ0v) is 16.3. The molecule has 0 spiro atoms. The number of benzene rings is 2. The fraction of sp³-hybridized carbons (Fsp3) is 0.211. The van der Waals surface area contributed by atoms with E-state index in [0.717, 1.165) is 19.4 Å². The highest BCUT2D eigenvalue weighted by atomic mass is 16.6. The lowest BCUT2D eigenvalue weighted by molar-refractivity contribution is -0.404. The summed E-state index contributed by atoms with van der Waals surface area (Å²) in [6.45, 7) is 3.11. The van der Waals surface area contributed by atoms with Gasteiger partial charge in [-0.3, -0.25) is 35.3 Å². The molecule has 0 bridgehead atoms. The maximum atomic E-state index is 10.4. The zero-order chi connectivity index (χ0) is 22.7. The van der Waals surface area contributed by atoms with Gasteiger partial charge in [-0.15, -0.1) is 0 Å². The van der Waals surface area contributed by atoms with E-state index in [1.807, 2.05) is 0 Å². The summed E-state index contributed by atoms with van der Waals surface area (Å²) in [5.41, 5.74) is 2.19. The van der Waals surface area contributed by atoms with Gasteiger partial charge in [-0.2, -0.15) is 0 Å². The van der Waals surface area contributed by atoms with E-state index in [0.29, 0.717) is 12.1 Å². The number of aromatic amines is 1. The van der Waals surface area contributed by atoms with Crippen LogP contribution in [0.15, 0.2) is 41.4 Å². The molecule has 0 aliphatic carbocycles. The number of aliphatic imine (C=N–C) groups is 1. The number of non-ortho nitro benzene ring substituents is 1. The van der Waals surface area contributed by atoms with E-state index in [9.17, 15) is 30.3 Å². The number of hydrogen-bond donors (Lipinski definition) is 2. The summed E-state index contributed by atoms with van der Waals surface area (Å²) < 4.78 is 0. The van der Waals surface area contributed by atoms with E-state index in [4.69, 9.17) is 5.11 Å². The number of nitro benzene ring substituents is 3. The number of rotatable bonds is 4. The molecule has 2 N–H and O–H groups in total. The van der Waals surface area contributed by atoms with E-state index in [2.05, 4.69) is 41.2 Å². The van der Waals surface area contributed by atoms with Crippen LogP contribution in [0.3, 0.4) is 0 Å². The van der Waals surface area contributed by atoms with Crippen LogP contribution in [0.1, 0.15) is 24.6 Å². The normalized spacial score (nSPS) is 12.4. The second-order valence-electron chi connectivity index (χ2n) is 6.56. The highest BCUT2D eigenvalue weighted by Crippen LogP contribution is 2.39. The average molecular weight is 427 g/mol. The third-order valence-electron chi connectivity index (χ3n) is 4.76. The molecule has 160 valence electrons. The van der Waals surface area contributed by atoms with E-state index in [1.54, 1.807) is 0 Å². The van der Waals surface area contributed by atoms with Crippen LogP contribution in [0.2, 0.25) is 0 Å². The first kappa shape index (κ1) is 21.4. The minimum atomic E-state index is -1.21. The van der Waals surface area contributed by atoms with E-state index >= 15 is 0 Å². The molecule has 1 aromatic heterocycles. The van der Waals surface area contributed by atoms with Gasteiger partial charge in [-0.25, -0.2) is 0 Å². The first-order chi connectivity index (χ1) is 14.7. The molecule has 12 heteroatoms. The van der Waals surface area contributed by atoms with E-state index in [1.165, 1.54) is 27.9 Å². The number of H-pyrrole nitrogens is 1. The zero-order valence-electron chi connectivity index (χ0n) is 16.3. The molecule has 0 radical (unpaired) electrons. The summed E-state index contributed by atoms with van der Waals surface area (Å²) in [7, 11) is 0. The third kappa shape index (κ3) is 4.17. The third-order valence-corrected chi connectivity index (χ3v) is 4.76. The van der Waals surface area contributed by atoms with Gasteiger partial charge in [-0.05, 0) is 24.5 Å². The molecule has 0 unspecified atom stereocenters. The average Bonchev–Trinajstić information content (AvgIpc) is 3.12. The number of nitrogens with one attached hydrogen (secondary N) is 1. The van der Waals surface area contributed by atoms with Crippen molar-refractivity contribution >= 4 is 33.7 Å². The van der Waals surface area contributed by atoms with Crippen LogP contribution in [-0.4, -0.2) is 37.1 Å². The molecule has 0 saturated carbocycles. The molecule has 1 aliphatic heterocycles. The number of aromatic hydroxyl groups is 1. The number of phenols is 1. The lowest BCUT2D eigenvalue weighted by atomic mass is 10.0. The van der Waals surface area contributed by atoms with Gasteiger partial charge in [0, 0.05) is 17.4 Å². The van der Waals surface area contributed by atoms with Crippen molar-refractivity contribution < 1.29 is 19.9 Å². The monoisotopic (exact) mass is 427 g/mol. The Morgan fingerprint density at radius 3 is 2.19 bits per heavy atom. The summed E-state index contributed by atoms with van der Waals surface area (Å²) >= 11 is 0. The fourth-order valence-corrected chi connectivity index (χ4v) is 3.35. The summed E-state index contributed by atoms with van der Waals surface area (Å²) in [4.78, 5) is 35.8. The van der Waals surface area contributed by atoms with Crippen molar-refractivity contribution in [2.45, 2.75) is 19.8 Å². The predicted molar refractivity (Wildman–Crippen MR) is 112 cm³/mol. The van der Waals surface area contributed by atoms with Crippen molar-refractivity contribution in [3.63, 3.8) is 0 Å². The number of nitrogens with zero attached hydrogens (tertiary/aromatic N) is 4. The Morgan fingerprint density at radius 2 is 1.65 bits per heavy atom. The molecular weight excluding hydrogens is 410 g/mol. The summed E-state index contributed by atoms with van der Waals surface area (Å²) in [6.07, 6.45) is 2.09. The van der Waals surface area contributed by atoms with Gasteiger partial charge in [0.1, 0.15) is 0 Å². The lowest BCUT2D eigenvalue weighted by Crippen LogP contribution is -2.11. The van der Waals surface area contributed by atoms with Crippen LogP contribution >= 0.6 is 0 Å². The molecule has 0 saturated heterocycles. The fourth-order valence-electron chi connectivity index (χ4n) is 3.35. The molecule has 31 heavy (non-hydrogen) atoms. The molecule has 3 aromatic rings. The summed E-state index contributed by atoms with van der Waals surface area (Å²) in [5.74, 6) is -1.21. The van der Waals surface area contributed by atoms with Crippen LogP contribution in [0.5, 0.6) is 5.75 Å². The van der Waals surface area contributed by atoms with Crippen molar-refractivity contribution in [1.82, 2.24) is 4.98 Å². The van der Waals surface area contributed by atoms with Crippen molar-refractivity contribution in [3.8, 4) is 5.75 Å². The van der Waals surface area contributed by atoms with Gasteiger partial charge in [0.25, 0.3) is 11.4 Å². The summed E-state index contributed by atoms with van der Waals surface area (Å²) in [6, 6.07) is 9.41. The van der Waals surface area contributed by atoms with Gasteiger partial charge in [0.05, 0.1) is 38.3 Å². The molecule has 2 heterocycles. The first-order valence-corrected chi connectivity index (χ1v) is 9.18. The van der Waals surface area contributed by atoms with Crippen molar-refractivity contribution in [2.24, 2.45) is 4.99 Å². The Balaban J connectivity index is 0.000000176. The van der Waals surface area contributed by atoms with E-state index < -0.39 is 37.6 Å². The minimum Gasteiger partial charge on any atom is -0.497 e. The largest absolute Gasteiger partial charge is 0.497 e. The molecule has 12 nitrogen and oxygen atoms in total. The number of phenolic OH excluding ortho intramolecular Hbond substituents is 1. The number of nitro groups is 3. The highest BCUT2D eigenvalue weighted by Gasteiger charge is 2.30. The number of aromatic nitrogens is 1. The van der Waals surface area contributed by atoms with Gasteiger partial charge < -0.3 is 10.1 Å². The molecular formula is C19H17N5O7. The maximum absolute atomic E-state index is 10.4. The molecule has 0 amide bonds. The molecule has 0 atom stereocenters. The van der Waals surface area contributed by atoms with Crippen LogP contribution in [0.25, 0.3) is 10.9 Å². The Kier molecular flexibility index (Phi) is 5.90. The standard InChI is InChI=1S/C13H14N2.C6H3N3O7/c1-2-11-13-10(7-8-14-11)9-5-3-4-6-12(9)15-13;10-6-4(8(13)14)1-3(7(11)12)2-5(6)9(15)16/h3-6,15H,2,7-8H2,1H3;1-2,10H. The second-order valence-corrected chi connectivity index (χ2v) is 6.56. The number of para-hydroxylation sites is 1. The topological polar surface area (TPSA) is 178 Å². The molecule has 0 fully saturated rings. The van der Waals surface area contributed by atoms with E-state index in [-0.39, 0.29) is 0 Å². The van der Waals surface area contributed by atoms with Gasteiger partial charge in [0.15, 0.2) is 0 Å². The Bertz CT molecular complexity index is 1200. The minimum absolute atomic E-state index is 0.447. The quantitative estimate of drug-likeness (QED) is 0.466. The second kappa shape index (κ2) is 8.57. The highest BCUT2D eigenvalue weighted by molar-refractivity contribution is 6.06. The Morgan fingerprint density at radius 1 is 1.03 bits per heavy atom. The lowest BCUT2D eigenvalue weighted by Gasteiger charge is -2.11. The number of hydrogen-bond acceptors (Lipinski definition) is 8. The molecule has 4 rings (SSSR count). The Hall–Kier alpha value is -4.35. The Labute approximate surface area is 174 Å². The van der Waals surface area contributed by atoms with Gasteiger partial charge in [-0.1, -0.05) is 25.1 Å². The van der Waals surface area contributed by atoms with Crippen LogP contribution < -0.4 is 0 Å². The number of fused-ring (bicyclic) bond motifs is 3. The predicted octanol–water partition coefficient (Wildman–Crippen LogP) is 4.04. The van der Waals surface area contributed by atoms with Gasteiger partial charge in [0.2, 0.25) is 0 Å². The molecule has 2 aromatic carbocycles. The molecule has 1 aliphatic rings. The van der Waals surface area contributed by atoms with Crippen LogP contribution in [0.4, 0.5) is 17.1 Å². The van der Waals surface area contributed by atoms with Crippen molar-refractivity contribution in [3.05, 3.63) is 78.0 Å². The summed E-state index contributed by atoms with van der Waals surface area (Å²) in [5, 5.41) is 41.6. The van der Waals surface area contributed by atoms with Crippen LogP contribution in [-0.2, 0) is 6.42 Å². The van der Waals surface area contributed by atoms with Gasteiger partial charge >= 0.3 is 11.4 Å². The maximum Gasteiger partial charge on any atom is 0.324 e. The van der Waals surface area contributed by atoms with Crippen molar-refractivity contribution in [1.29, 1.82) is 0 Å². The van der Waals surface area contributed by atoms with Crippen molar-refractivity contribution in [2.75, 3.05) is 6.54 Å². The van der Waals surface area contributed by atoms with Crippen LogP contribution in [0, 0.1) is 30.3 Å².